The highest BCUT2D eigenvalue weighted by Gasteiger charge is 2.27. The molecule has 1 N–H and O–H groups in total. The van der Waals surface area contributed by atoms with Crippen LogP contribution in [0, 0.1) is 0 Å². The number of benzene rings is 1. The summed E-state index contributed by atoms with van der Waals surface area (Å²) in [5.74, 6) is -0.343. The molecule has 0 radical (unpaired) electrons. The van der Waals surface area contributed by atoms with Gasteiger partial charge in [0.15, 0.2) is 0 Å². The van der Waals surface area contributed by atoms with Gasteiger partial charge in [0.2, 0.25) is 5.91 Å². The van der Waals surface area contributed by atoms with Crippen molar-refractivity contribution in [1.82, 2.24) is 5.32 Å². The predicted octanol–water partition coefficient (Wildman–Crippen LogP) is 3.03. The number of carbonyl (C=O) groups is 1. The van der Waals surface area contributed by atoms with Crippen LogP contribution >= 0.6 is 15.9 Å². The molecule has 1 aromatic rings. The molecular weight excluding hydrogens is 327 g/mol. The number of carbonyl (C=O) groups excluding carboxylic acids is 1. The van der Waals surface area contributed by atoms with E-state index in [0.29, 0.717) is 6.54 Å². The lowest BCUT2D eigenvalue weighted by Crippen LogP contribution is -2.25. The van der Waals surface area contributed by atoms with E-state index in [-0.39, 0.29) is 18.9 Å². The lowest BCUT2D eigenvalue weighted by molar-refractivity contribution is -0.174. The van der Waals surface area contributed by atoms with Crippen LogP contribution in [0.4, 0.5) is 13.2 Å². The van der Waals surface area contributed by atoms with Gasteiger partial charge < -0.3 is 10.1 Å². The second-order valence-electron chi connectivity index (χ2n) is 3.82. The fraction of sp³-hybridized carbons (Fsp3) is 0.417. The number of ether oxygens (including phenoxy) is 1. The van der Waals surface area contributed by atoms with E-state index in [4.69, 9.17) is 0 Å². The second kappa shape index (κ2) is 7.49. The molecule has 1 aromatic carbocycles. The van der Waals surface area contributed by atoms with Crippen molar-refractivity contribution in [1.29, 1.82) is 0 Å². The highest BCUT2D eigenvalue weighted by Crippen LogP contribution is 2.14. The first kappa shape index (κ1) is 16.0. The average molecular weight is 340 g/mol. The predicted molar refractivity (Wildman–Crippen MR) is 67.5 cm³/mol. The number of hydrogen-bond acceptors (Lipinski definition) is 2. The molecular formula is C12H13BrF3NO2. The molecule has 0 aliphatic carbocycles. The number of alkyl halides is 3. The van der Waals surface area contributed by atoms with E-state index in [0.717, 1.165) is 10.0 Å². The largest absolute Gasteiger partial charge is 0.411 e. The Morgan fingerprint density at radius 2 is 1.89 bits per heavy atom. The monoisotopic (exact) mass is 339 g/mol. The van der Waals surface area contributed by atoms with E-state index in [9.17, 15) is 18.0 Å². The van der Waals surface area contributed by atoms with Crippen molar-refractivity contribution in [2.45, 2.75) is 19.1 Å². The molecule has 106 valence electrons. The molecule has 0 spiro atoms. The molecule has 0 aliphatic heterocycles. The van der Waals surface area contributed by atoms with Crippen LogP contribution in [0.15, 0.2) is 28.7 Å². The molecule has 0 saturated carbocycles. The van der Waals surface area contributed by atoms with Crippen molar-refractivity contribution >= 4 is 21.8 Å². The van der Waals surface area contributed by atoms with Crippen molar-refractivity contribution < 1.29 is 22.7 Å². The number of rotatable bonds is 6. The molecule has 0 bridgehead atoms. The van der Waals surface area contributed by atoms with E-state index in [1.54, 1.807) is 0 Å². The van der Waals surface area contributed by atoms with E-state index in [1.165, 1.54) is 0 Å². The van der Waals surface area contributed by atoms with Crippen molar-refractivity contribution in [2.75, 3.05) is 13.2 Å². The van der Waals surface area contributed by atoms with Gasteiger partial charge in [-0.2, -0.15) is 13.2 Å². The lowest BCUT2D eigenvalue weighted by Gasteiger charge is -2.08. The number of amides is 1. The Labute approximate surface area is 117 Å². The zero-order valence-electron chi connectivity index (χ0n) is 9.97. The van der Waals surface area contributed by atoms with Crippen LogP contribution in [0.2, 0.25) is 0 Å². The summed E-state index contributed by atoms with van der Waals surface area (Å²) in [6, 6.07) is 7.36. The van der Waals surface area contributed by atoms with E-state index in [1.807, 2.05) is 24.3 Å². The quantitative estimate of drug-likeness (QED) is 0.809. The van der Waals surface area contributed by atoms with Crippen LogP contribution in [-0.4, -0.2) is 25.3 Å². The SMILES string of the molecule is O=C(CCOCC(F)(F)F)NCc1ccc(Br)cc1. The summed E-state index contributed by atoms with van der Waals surface area (Å²) < 4.78 is 40.5. The van der Waals surface area contributed by atoms with Crippen molar-refractivity contribution in [2.24, 2.45) is 0 Å². The molecule has 0 aliphatic rings. The smallest absolute Gasteiger partial charge is 0.372 e. The molecule has 19 heavy (non-hydrogen) atoms. The minimum Gasteiger partial charge on any atom is -0.372 e. The normalized spacial score (nSPS) is 11.4. The topological polar surface area (TPSA) is 38.3 Å². The number of hydrogen-bond donors (Lipinski definition) is 1. The van der Waals surface area contributed by atoms with E-state index < -0.39 is 12.8 Å². The highest BCUT2D eigenvalue weighted by atomic mass is 79.9. The molecule has 0 fully saturated rings. The maximum absolute atomic E-state index is 11.8. The van der Waals surface area contributed by atoms with Gasteiger partial charge in [0, 0.05) is 17.4 Å². The highest BCUT2D eigenvalue weighted by molar-refractivity contribution is 9.10. The Hall–Kier alpha value is -1.08. The van der Waals surface area contributed by atoms with Crippen LogP contribution in [0.5, 0.6) is 0 Å². The molecule has 0 aromatic heterocycles. The zero-order chi connectivity index (χ0) is 14.3. The standard InChI is InChI=1S/C12H13BrF3NO2/c13-10-3-1-9(2-4-10)7-17-11(18)5-6-19-8-12(14,15)16/h1-4H,5-8H2,(H,17,18). The molecule has 3 nitrogen and oxygen atoms in total. The Kier molecular flexibility index (Phi) is 6.30. The van der Waals surface area contributed by atoms with E-state index in [2.05, 4.69) is 26.0 Å². The summed E-state index contributed by atoms with van der Waals surface area (Å²) in [5.41, 5.74) is 0.910. The number of halogens is 4. The van der Waals surface area contributed by atoms with E-state index >= 15 is 0 Å². The molecule has 0 atom stereocenters. The van der Waals surface area contributed by atoms with Crippen LogP contribution < -0.4 is 5.32 Å². The first-order chi connectivity index (χ1) is 8.87. The van der Waals surface area contributed by atoms with Gasteiger partial charge >= 0.3 is 6.18 Å². The van der Waals surface area contributed by atoms with Gasteiger partial charge in [-0.1, -0.05) is 28.1 Å². The first-order valence-corrected chi connectivity index (χ1v) is 6.32. The summed E-state index contributed by atoms with van der Waals surface area (Å²) in [6.07, 6.45) is -4.44. The third-order valence-corrected chi connectivity index (χ3v) is 2.67. The fourth-order valence-corrected chi connectivity index (χ4v) is 1.51. The Balaban J connectivity index is 2.16. The maximum Gasteiger partial charge on any atom is 0.411 e. The second-order valence-corrected chi connectivity index (χ2v) is 4.74. The van der Waals surface area contributed by atoms with Gasteiger partial charge in [-0.3, -0.25) is 4.79 Å². The maximum atomic E-state index is 11.8. The summed E-state index contributed by atoms with van der Waals surface area (Å²) in [4.78, 5) is 11.3. The van der Waals surface area contributed by atoms with Gasteiger partial charge in [-0.05, 0) is 17.7 Å². The number of nitrogens with one attached hydrogen (secondary N) is 1. The minimum atomic E-state index is -4.35. The van der Waals surface area contributed by atoms with Crippen molar-refractivity contribution in [3.8, 4) is 0 Å². The van der Waals surface area contributed by atoms with Gasteiger partial charge in [-0.15, -0.1) is 0 Å². The summed E-state index contributed by atoms with van der Waals surface area (Å²) in [6.45, 7) is -1.23. The molecule has 1 rings (SSSR count). The summed E-state index contributed by atoms with van der Waals surface area (Å²) in [5, 5.41) is 2.60. The Bertz CT molecular complexity index is 406. The van der Waals surface area contributed by atoms with Crippen molar-refractivity contribution in [3.05, 3.63) is 34.3 Å². The van der Waals surface area contributed by atoms with Crippen LogP contribution in [0.3, 0.4) is 0 Å². The minimum absolute atomic E-state index is 0.0907. The summed E-state index contributed by atoms with van der Waals surface area (Å²) in [7, 11) is 0. The fourth-order valence-electron chi connectivity index (χ4n) is 1.24. The molecule has 0 heterocycles. The lowest BCUT2D eigenvalue weighted by atomic mass is 10.2. The molecule has 1 amide bonds. The van der Waals surface area contributed by atoms with Crippen LogP contribution in [0.25, 0.3) is 0 Å². The van der Waals surface area contributed by atoms with Crippen molar-refractivity contribution in [3.63, 3.8) is 0 Å². The summed E-state index contributed by atoms with van der Waals surface area (Å²) >= 11 is 3.29. The molecule has 0 unspecified atom stereocenters. The average Bonchev–Trinajstić information content (AvgIpc) is 2.33. The van der Waals surface area contributed by atoms with Gasteiger partial charge in [0.1, 0.15) is 6.61 Å². The molecule has 7 heteroatoms. The Morgan fingerprint density at radius 3 is 2.47 bits per heavy atom. The van der Waals surface area contributed by atoms with Gasteiger partial charge in [-0.25, -0.2) is 0 Å². The van der Waals surface area contributed by atoms with Crippen LogP contribution in [0.1, 0.15) is 12.0 Å². The first-order valence-electron chi connectivity index (χ1n) is 5.52. The molecule has 0 saturated heterocycles. The third-order valence-electron chi connectivity index (χ3n) is 2.14. The zero-order valence-corrected chi connectivity index (χ0v) is 11.6. The third kappa shape index (κ3) is 7.84. The van der Waals surface area contributed by atoms with Crippen LogP contribution in [-0.2, 0) is 16.1 Å². The Morgan fingerprint density at radius 1 is 1.26 bits per heavy atom. The van der Waals surface area contributed by atoms with Gasteiger partial charge in [0.05, 0.1) is 6.61 Å². The van der Waals surface area contributed by atoms with Gasteiger partial charge in [0.25, 0.3) is 0 Å².